The monoisotopic (exact) mass is 288 g/mol. The Hall–Kier alpha value is -1.30. The van der Waals surface area contributed by atoms with Crippen LogP contribution in [-0.2, 0) is 0 Å². The molecule has 1 aromatic carbocycles. The van der Waals surface area contributed by atoms with Crippen molar-refractivity contribution >= 4 is 45.6 Å². The molecule has 1 heterocycles. The molecule has 0 bridgehead atoms. The molecular weight excluding hydrogens is 283 g/mol. The number of rotatable bonds is 2. The standard InChI is InChI=1S/C10H6Cl2N2O2S/c11-4-2-1-3-5(12)6(4)8-7(9(15)16)14-10(13)17-8/h1-3H,(H2,13,14)(H,15,16). The number of hydrogen-bond donors (Lipinski definition) is 2. The second kappa shape index (κ2) is 4.52. The summed E-state index contributed by atoms with van der Waals surface area (Å²) in [6, 6.07) is 4.94. The van der Waals surface area contributed by atoms with Crippen molar-refractivity contribution < 1.29 is 9.90 Å². The Kier molecular flexibility index (Phi) is 3.24. The Balaban J connectivity index is 2.72. The van der Waals surface area contributed by atoms with E-state index in [9.17, 15) is 4.79 Å². The summed E-state index contributed by atoms with van der Waals surface area (Å²) >= 11 is 13.1. The molecule has 3 N–H and O–H groups in total. The van der Waals surface area contributed by atoms with Gasteiger partial charge in [0.05, 0.1) is 14.9 Å². The minimum atomic E-state index is -1.16. The number of carboxylic acids is 1. The predicted molar refractivity (Wildman–Crippen MR) is 68.9 cm³/mol. The van der Waals surface area contributed by atoms with Gasteiger partial charge in [0.2, 0.25) is 0 Å². The summed E-state index contributed by atoms with van der Waals surface area (Å²) in [5.74, 6) is -1.16. The maximum atomic E-state index is 11.0. The molecule has 2 rings (SSSR count). The number of nitrogens with zero attached hydrogens (tertiary/aromatic N) is 1. The van der Waals surface area contributed by atoms with Gasteiger partial charge < -0.3 is 10.8 Å². The zero-order valence-corrected chi connectivity index (χ0v) is 10.6. The molecule has 0 aliphatic carbocycles. The fraction of sp³-hybridized carbons (Fsp3) is 0. The van der Waals surface area contributed by atoms with Crippen LogP contribution in [0, 0.1) is 0 Å². The lowest BCUT2D eigenvalue weighted by molar-refractivity contribution is 0.0692. The van der Waals surface area contributed by atoms with Gasteiger partial charge >= 0.3 is 5.97 Å². The first-order valence-electron chi connectivity index (χ1n) is 4.44. The fourth-order valence-corrected chi connectivity index (χ4v) is 2.96. The number of aromatic nitrogens is 1. The topological polar surface area (TPSA) is 76.2 Å². The maximum absolute atomic E-state index is 11.0. The van der Waals surface area contributed by atoms with E-state index in [1.807, 2.05) is 0 Å². The average molecular weight is 289 g/mol. The van der Waals surface area contributed by atoms with Crippen LogP contribution in [0.2, 0.25) is 10.0 Å². The number of carboxylic acid groups (broad SMARTS) is 1. The number of aromatic carboxylic acids is 1. The van der Waals surface area contributed by atoms with Crippen molar-refractivity contribution in [3.63, 3.8) is 0 Å². The summed E-state index contributed by atoms with van der Waals surface area (Å²) < 4.78 is 0. The molecule has 88 valence electrons. The molecule has 2 aromatic rings. The van der Waals surface area contributed by atoms with E-state index in [1.165, 1.54) is 0 Å². The molecule has 0 spiro atoms. The van der Waals surface area contributed by atoms with Gasteiger partial charge in [-0.1, -0.05) is 40.6 Å². The highest BCUT2D eigenvalue weighted by molar-refractivity contribution is 7.19. The van der Waals surface area contributed by atoms with Crippen LogP contribution in [0.1, 0.15) is 10.5 Å². The summed E-state index contributed by atoms with van der Waals surface area (Å²) in [6.45, 7) is 0. The smallest absolute Gasteiger partial charge is 0.356 e. The molecule has 0 fully saturated rings. The molecule has 0 atom stereocenters. The van der Waals surface area contributed by atoms with E-state index >= 15 is 0 Å². The number of benzene rings is 1. The van der Waals surface area contributed by atoms with Crippen molar-refractivity contribution in [1.82, 2.24) is 4.98 Å². The third-order valence-electron chi connectivity index (χ3n) is 2.04. The van der Waals surface area contributed by atoms with E-state index in [4.69, 9.17) is 34.0 Å². The van der Waals surface area contributed by atoms with Crippen molar-refractivity contribution in [3.8, 4) is 10.4 Å². The van der Waals surface area contributed by atoms with E-state index in [0.29, 0.717) is 20.5 Å². The number of anilines is 1. The molecular formula is C10H6Cl2N2O2S. The van der Waals surface area contributed by atoms with E-state index in [0.717, 1.165) is 11.3 Å². The number of halogens is 2. The third kappa shape index (κ3) is 2.22. The lowest BCUT2D eigenvalue weighted by Crippen LogP contribution is -1.99. The summed E-state index contributed by atoms with van der Waals surface area (Å²) in [4.78, 5) is 15.1. The molecule has 4 nitrogen and oxygen atoms in total. The largest absolute Gasteiger partial charge is 0.476 e. The zero-order chi connectivity index (χ0) is 12.6. The summed E-state index contributed by atoms with van der Waals surface area (Å²) in [5, 5.41) is 9.91. The second-order valence-corrected chi connectivity index (χ2v) is 4.98. The summed E-state index contributed by atoms with van der Waals surface area (Å²) in [5.41, 5.74) is 5.82. The van der Waals surface area contributed by atoms with Gasteiger partial charge in [0.25, 0.3) is 0 Å². The van der Waals surface area contributed by atoms with Crippen LogP contribution in [0.25, 0.3) is 10.4 Å². The highest BCUT2D eigenvalue weighted by Crippen LogP contribution is 2.40. The van der Waals surface area contributed by atoms with Gasteiger partial charge in [-0.05, 0) is 12.1 Å². The van der Waals surface area contributed by atoms with Crippen molar-refractivity contribution in [1.29, 1.82) is 0 Å². The van der Waals surface area contributed by atoms with Gasteiger partial charge in [-0.2, -0.15) is 0 Å². The van der Waals surface area contributed by atoms with E-state index in [2.05, 4.69) is 4.98 Å². The highest BCUT2D eigenvalue weighted by Gasteiger charge is 2.21. The molecule has 17 heavy (non-hydrogen) atoms. The predicted octanol–water partition coefficient (Wildman–Crippen LogP) is 3.40. The summed E-state index contributed by atoms with van der Waals surface area (Å²) in [6.07, 6.45) is 0. The Labute approximate surface area is 111 Å². The van der Waals surface area contributed by atoms with Crippen LogP contribution in [0.15, 0.2) is 18.2 Å². The average Bonchev–Trinajstić information content (AvgIpc) is 2.60. The minimum absolute atomic E-state index is 0.137. The van der Waals surface area contributed by atoms with Gasteiger partial charge in [-0.25, -0.2) is 9.78 Å². The van der Waals surface area contributed by atoms with Crippen molar-refractivity contribution in [2.24, 2.45) is 0 Å². The first kappa shape index (κ1) is 12.2. The van der Waals surface area contributed by atoms with Gasteiger partial charge in [-0.3, -0.25) is 0 Å². The van der Waals surface area contributed by atoms with Crippen LogP contribution in [0.4, 0.5) is 5.13 Å². The van der Waals surface area contributed by atoms with Gasteiger partial charge in [-0.15, -0.1) is 0 Å². The Morgan fingerprint density at radius 3 is 2.47 bits per heavy atom. The number of nitrogen functional groups attached to an aromatic ring is 1. The maximum Gasteiger partial charge on any atom is 0.356 e. The lowest BCUT2D eigenvalue weighted by Gasteiger charge is -2.04. The molecule has 0 saturated heterocycles. The molecule has 0 saturated carbocycles. The molecule has 7 heteroatoms. The number of carbonyl (C=O) groups is 1. The molecule has 0 aliphatic rings. The molecule has 0 radical (unpaired) electrons. The molecule has 0 unspecified atom stereocenters. The fourth-order valence-electron chi connectivity index (χ4n) is 1.37. The van der Waals surface area contributed by atoms with Crippen molar-refractivity contribution in [2.45, 2.75) is 0 Å². The molecule has 1 aromatic heterocycles. The van der Waals surface area contributed by atoms with Crippen LogP contribution in [-0.4, -0.2) is 16.1 Å². The molecule has 0 amide bonds. The Morgan fingerprint density at radius 1 is 1.35 bits per heavy atom. The quantitative estimate of drug-likeness (QED) is 0.888. The normalized spacial score (nSPS) is 10.5. The van der Waals surface area contributed by atoms with E-state index in [-0.39, 0.29) is 10.8 Å². The zero-order valence-electron chi connectivity index (χ0n) is 8.28. The Morgan fingerprint density at radius 2 is 1.94 bits per heavy atom. The van der Waals surface area contributed by atoms with Gasteiger partial charge in [0.1, 0.15) is 0 Å². The summed E-state index contributed by atoms with van der Waals surface area (Å²) in [7, 11) is 0. The van der Waals surface area contributed by atoms with Crippen molar-refractivity contribution in [3.05, 3.63) is 33.9 Å². The van der Waals surface area contributed by atoms with E-state index < -0.39 is 5.97 Å². The minimum Gasteiger partial charge on any atom is -0.476 e. The molecule has 0 aliphatic heterocycles. The van der Waals surface area contributed by atoms with Gasteiger partial charge in [0.15, 0.2) is 10.8 Å². The van der Waals surface area contributed by atoms with Crippen molar-refractivity contribution in [2.75, 3.05) is 5.73 Å². The number of hydrogen-bond acceptors (Lipinski definition) is 4. The van der Waals surface area contributed by atoms with Crippen LogP contribution in [0.5, 0.6) is 0 Å². The highest BCUT2D eigenvalue weighted by atomic mass is 35.5. The first-order valence-corrected chi connectivity index (χ1v) is 6.02. The Bertz CT molecular complexity index is 578. The number of nitrogens with two attached hydrogens (primary N) is 1. The SMILES string of the molecule is Nc1nc(C(=O)O)c(-c2c(Cl)cccc2Cl)s1. The van der Waals surface area contributed by atoms with Crippen LogP contribution in [0.3, 0.4) is 0 Å². The first-order chi connectivity index (χ1) is 8.00. The van der Waals surface area contributed by atoms with Crippen LogP contribution < -0.4 is 5.73 Å². The van der Waals surface area contributed by atoms with E-state index in [1.54, 1.807) is 18.2 Å². The third-order valence-corrected chi connectivity index (χ3v) is 3.57. The number of thiazole rings is 1. The second-order valence-electron chi connectivity index (χ2n) is 3.13. The van der Waals surface area contributed by atoms with Gasteiger partial charge in [0, 0.05) is 5.56 Å². The lowest BCUT2D eigenvalue weighted by atomic mass is 10.1. The van der Waals surface area contributed by atoms with Crippen LogP contribution >= 0.6 is 34.5 Å².